The van der Waals surface area contributed by atoms with Gasteiger partial charge in [0.2, 0.25) is 5.91 Å². The average Bonchev–Trinajstić information content (AvgIpc) is 3.15. The Morgan fingerprint density at radius 1 is 1.20 bits per heavy atom. The lowest BCUT2D eigenvalue weighted by Crippen LogP contribution is -2.30. The Bertz CT molecular complexity index is 1000. The molecule has 0 radical (unpaired) electrons. The van der Waals surface area contributed by atoms with Crippen LogP contribution in [0.3, 0.4) is 0 Å². The molecule has 0 unspecified atom stereocenters. The zero-order valence-electron chi connectivity index (χ0n) is 16.2. The first-order valence-corrected chi connectivity index (χ1v) is 8.83. The fraction of sp³-hybridized carbons (Fsp3) is 0.263. The van der Waals surface area contributed by atoms with Gasteiger partial charge in [0.25, 0.3) is 0 Å². The first-order chi connectivity index (χ1) is 14.3. The van der Waals surface area contributed by atoms with Crippen LogP contribution in [0.2, 0.25) is 0 Å². The van der Waals surface area contributed by atoms with Crippen molar-refractivity contribution in [3.8, 4) is 11.4 Å². The molecule has 8 nitrogen and oxygen atoms in total. The minimum absolute atomic E-state index is 0.0527. The van der Waals surface area contributed by atoms with Gasteiger partial charge in [-0.25, -0.2) is 0 Å². The standard InChI is InChI=1S/C19H19F3N6O2/c1-27(12-18(29)23-14-4-3-5-16(10-14)30-2)11-17-24-25-26-28(17)15-8-6-13(7-9-15)19(20,21)22/h3-10H,11-12H2,1-2H3,(H,23,29). The summed E-state index contributed by atoms with van der Waals surface area (Å²) in [7, 11) is 3.24. The molecule has 0 aliphatic heterocycles. The van der Waals surface area contributed by atoms with E-state index in [1.165, 1.54) is 23.9 Å². The van der Waals surface area contributed by atoms with Gasteiger partial charge in [0.1, 0.15) is 5.75 Å². The number of nitrogens with zero attached hydrogens (tertiary/aromatic N) is 5. The third kappa shape index (κ3) is 5.32. The van der Waals surface area contributed by atoms with Crippen molar-refractivity contribution in [1.29, 1.82) is 0 Å². The number of methoxy groups -OCH3 is 1. The SMILES string of the molecule is COc1cccc(NC(=O)CN(C)Cc2nnnn2-c2ccc(C(F)(F)F)cc2)c1. The van der Waals surface area contributed by atoms with E-state index >= 15 is 0 Å². The summed E-state index contributed by atoms with van der Waals surface area (Å²) in [6, 6.07) is 11.5. The van der Waals surface area contributed by atoms with Crippen molar-refractivity contribution in [2.75, 3.05) is 26.0 Å². The molecule has 0 spiro atoms. The van der Waals surface area contributed by atoms with Crippen molar-refractivity contribution < 1.29 is 22.7 Å². The highest BCUT2D eigenvalue weighted by Gasteiger charge is 2.30. The van der Waals surface area contributed by atoms with Crippen molar-refractivity contribution in [2.45, 2.75) is 12.7 Å². The molecule has 3 aromatic rings. The molecule has 0 aliphatic carbocycles. The minimum atomic E-state index is -4.42. The van der Waals surface area contributed by atoms with E-state index in [2.05, 4.69) is 20.8 Å². The maximum atomic E-state index is 12.7. The van der Waals surface area contributed by atoms with Crippen LogP contribution in [0.4, 0.5) is 18.9 Å². The molecule has 11 heteroatoms. The maximum Gasteiger partial charge on any atom is 0.416 e. The number of halogens is 3. The van der Waals surface area contributed by atoms with Crippen molar-refractivity contribution in [2.24, 2.45) is 0 Å². The van der Waals surface area contributed by atoms with Crippen LogP contribution in [0, 0.1) is 0 Å². The fourth-order valence-electron chi connectivity index (χ4n) is 2.74. The Balaban J connectivity index is 1.63. The van der Waals surface area contributed by atoms with Crippen LogP contribution in [0.15, 0.2) is 48.5 Å². The van der Waals surface area contributed by atoms with Crippen molar-refractivity contribution in [1.82, 2.24) is 25.1 Å². The molecule has 1 aromatic heterocycles. The summed E-state index contributed by atoms with van der Waals surface area (Å²) < 4.78 is 44.7. The van der Waals surface area contributed by atoms with Crippen molar-refractivity contribution in [3.05, 3.63) is 59.9 Å². The van der Waals surface area contributed by atoms with Crippen LogP contribution in [0.25, 0.3) is 5.69 Å². The molecule has 1 N–H and O–H groups in total. The van der Waals surface area contributed by atoms with Crippen LogP contribution in [-0.4, -0.2) is 51.7 Å². The largest absolute Gasteiger partial charge is 0.497 e. The molecule has 30 heavy (non-hydrogen) atoms. The van der Waals surface area contributed by atoms with E-state index in [4.69, 9.17) is 4.74 Å². The summed E-state index contributed by atoms with van der Waals surface area (Å²) in [5, 5.41) is 14.1. The predicted molar refractivity (Wildman–Crippen MR) is 102 cm³/mol. The molecule has 0 bridgehead atoms. The summed E-state index contributed by atoms with van der Waals surface area (Å²) >= 11 is 0. The van der Waals surface area contributed by atoms with Gasteiger partial charge in [0.15, 0.2) is 5.82 Å². The molecule has 0 fully saturated rings. The molecule has 0 atom stereocenters. The Labute approximate surface area is 170 Å². The zero-order chi connectivity index (χ0) is 21.7. The van der Waals surface area contributed by atoms with Crippen LogP contribution < -0.4 is 10.1 Å². The number of likely N-dealkylation sites (N-methyl/N-ethyl adjacent to an activating group) is 1. The molecule has 3 rings (SSSR count). The Kier molecular flexibility index (Phi) is 6.31. The van der Waals surface area contributed by atoms with Gasteiger partial charge >= 0.3 is 6.18 Å². The van der Waals surface area contributed by atoms with E-state index in [-0.39, 0.29) is 19.0 Å². The lowest BCUT2D eigenvalue weighted by atomic mass is 10.2. The van der Waals surface area contributed by atoms with Gasteiger partial charge in [-0.15, -0.1) is 5.10 Å². The van der Waals surface area contributed by atoms with Crippen LogP contribution >= 0.6 is 0 Å². The summed E-state index contributed by atoms with van der Waals surface area (Å²) in [5.74, 6) is 0.752. The molecule has 0 aliphatic rings. The second kappa shape index (κ2) is 8.91. The number of alkyl halides is 3. The van der Waals surface area contributed by atoms with Crippen molar-refractivity contribution >= 4 is 11.6 Å². The van der Waals surface area contributed by atoms with E-state index in [1.807, 2.05) is 0 Å². The van der Waals surface area contributed by atoms with E-state index in [0.717, 1.165) is 12.1 Å². The number of ether oxygens (including phenoxy) is 1. The number of carbonyl (C=O) groups is 1. The predicted octanol–water partition coefficient (Wildman–Crippen LogP) is 2.76. The monoisotopic (exact) mass is 420 g/mol. The number of aromatic nitrogens is 4. The van der Waals surface area contributed by atoms with Gasteiger partial charge in [0, 0.05) is 11.8 Å². The molecular formula is C19H19F3N6O2. The third-order valence-corrected chi connectivity index (χ3v) is 4.15. The van der Waals surface area contributed by atoms with Crippen LogP contribution in [0.5, 0.6) is 5.75 Å². The number of hydrogen-bond donors (Lipinski definition) is 1. The second-order valence-electron chi connectivity index (χ2n) is 6.50. The van der Waals surface area contributed by atoms with E-state index in [9.17, 15) is 18.0 Å². The lowest BCUT2D eigenvalue weighted by Gasteiger charge is -2.16. The topological polar surface area (TPSA) is 85.2 Å². The summed E-state index contributed by atoms with van der Waals surface area (Å²) in [4.78, 5) is 14.0. The third-order valence-electron chi connectivity index (χ3n) is 4.15. The smallest absolute Gasteiger partial charge is 0.416 e. The second-order valence-corrected chi connectivity index (χ2v) is 6.50. The highest BCUT2D eigenvalue weighted by molar-refractivity contribution is 5.92. The molecule has 2 aromatic carbocycles. The van der Waals surface area contributed by atoms with Gasteiger partial charge in [-0.05, 0) is 53.9 Å². The van der Waals surface area contributed by atoms with E-state index < -0.39 is 11.7 Å². The fourth-order valence-corrected chi connectivity index (χ4v) is 2.74. The summed E-state index contributed by atoms with van der Waals surface area (Å²) in [6.45, 7) is 0.261. The summed E-state index contributed by atoms with van der Waals surface area (Å²) in [6.07, 6.45) is -4.42. The molecule has 1 amide bonds. The molecule has 0 saturated carbocycles. The number of hydrogen-bond acceptors (Lipinski definition) is 6. The van der Waals surface area contributed by atoms with E-state index in [1.54, 1.807) is 36.2 Å². The van der Waals surface area contributed by atoms with Crippen molar-refractivity contribution in [3.63, 3.8) is 0 Å². The van der Waals surface area contributed by atoms with Crippen LogP contribution in [-0.2, 0) is 17.5 Å². The summed E-state index contributed by atoms with van der Waals surface area (Å²) in [5.41, 5.74) is 0.228. The number of benzene rings is 2. The van der Waals surface area contributed by atoms with Gasteiger partial charge in [-0.3, -0.25) is 9.69 Å². The number of carbonyl (C=O) groups excluding carboxylic acids is 1. The number of tetrazole rings is 1. The number of amides is 1. The lowest BCUT2D eigenvalue weighted by molar-refractivity contribution is -0.137. The van der Waals surface area contributed by atoms with E-state index in [0.29, 0.717) is 22.9 Å². The highest BCUT2D eigenvalue weighted by atomic mass is 19.4. The van der Waals surface area contributed by atoms with Gasteiger partial charge in [0.05, 0.1) is 31.5 Å². The highest BCUT2D eigenvalue weighted by Crippen LogP contribution is 2.29. The van der Waals surface area contributed by atoms with Crippen LogP contribution in [0.1, 0.15) is 11.4 Å². The van der Waals surface area contributed by atoms with Gasteiger partial charge in [-0.2, -0.15) is 17.9 Å². The average molecular weight is 420 g/mol. The first kappa shape index (κ1) is 21.2. The molecule has 1 heterocycles. The quantitative estimate of drug-likeness (QED) is 0.633. The Morgan fingerprint density at radius 3 is 2.60 bits per heavy atom. The Hall–Kier alpha value is -3.47. The molecular weight excluding hydrogens is 401 g/mol. The number of anilines is 1. The van der Waals surface area contributed by atoms with Gasteiger partial charge in [-0.1, -0.05) is 6.07 Å². The molecule has 0 saturated heterocycles. The first-order valence-electron chi connectivity index (χ1n) is 8.83. The number of rotatable bonds is 7. The zero-order valence-corrected chi connectivity index (χ0v) is 16.2. The maximum absolute atomic E-state index is 12.7. The number of nitrogens with one attached hydrogen (secondary N) is 1. The van der Waals surface area contributed by atoms with Gasteiger partial charge < -0.3 is 10.1 Å². The Morgan fingerprint density at radius 2 is 1.93 bits per heavy atom. The normalized spacial score (nSPS) is 11.5. The molecule has 158 valence electrons. The minimum Gasteiger partial charge on any atom is -0.497 e.